The molecule has 14 heavy (non-hydrogen) atoms. The molecule has 1 rings (SSSR count). The van der Waals surface area contributed by atoms with Gasteiger partial charge in [0.05, 0.1) is 18.2 Å². The molecule has 0 aromatic carbocycles. The number of hydrogen-bond acceptors (Lipinski definition) is 3. The van der Waals surface area contributed by atoms with Gasteiger partial charge in [-0.3, -0.25) is 14.3 Å². The average molecular weight is 194 g/mol. The van der Waals surface area contributed by atoms with Gasteiger partial charge in [0.15, 0.2) is 5.78 Å². The summed E-state index contributed by atoms with van der Waals surface area (Å²) in [5, 5.41) is 3.88. The van der Waals surface area contributed by atoms with Crippen LogP contribution in [0.4, 0.5) is 0 Å². The lowest BCUT2D eigenvalue weighted by molar-refractivity contribution is -0.118. The molecular weight excluding hydrogens is 180 g/mol. The van der Waals surface area contributed by atoms with Crippen molar-refractivity contribution in [3.63, 3.8) is 0 Å². The minimum absolute atomic E-state index is 0.000463. The minimum Gasteiger partial charge on any atom is -0.299 e. The fraction of sp³-hybridized carbons (Fsp3) is 0.500. The summed E-state index contributed by atoms with van der Waals surface area (Å²) in [5.74, 6) is -0.141. The summed E-state index contributed by atoms with van der Waals surface area (Å²) in [7, 11) is 1.74. The molecule has 0 saturated carbocycles. The second kappa shape index (κ2) is 4.69. The quantitative estimate of drug-likeness (QED) is 0.525. The predicted octanol–water partition coefficient (Wildman–Crippen LogP) is 1.36. The van der Waals surface area contributed by atoms with E-state index in [2.05, 4.69) is 5.10 Å². The Bertz CT molecular complexity index is 342. The molecule has 1 aromatic rings. The number of rotatable bonds is 5. The molecule has 4 nitrogen and oxygen atoms in total. The van der Waals surface area contributed by atoms with Gasteiger partial charge in [-0.2, -0.15) is 5.10 Å². The number of aryl methyl sites for hydroxylation is 1. The first kappa shape index (κ1) is 10.6. The van der Waals surface area contributed by atoms with Crippen LogP contribution >= 0.6 is 0 Å². The number of ketones is 2. The van der Waals surface area contributed by atoms with Gasteiger partial charge in [0.1, 0.15) is 5.78 Å². The summed E-state index contributed by atoms with van der Waals surface area (Å²) in [5.41, 5.74) is 0.511. The second-order valence-corrected chi connectivity index (χ2v) is 3.29. The number of carbonyl (C=O) groups excluding carboxylic acids is 2. The van der Waals surface area contributed by atoms with Crippen LogP contribution in [0.5, 0.6) is 0 Å². The molecule has 0 unspecified atom stereocenters. The van der Waals surface area contributed by atoms with Gasteiger partial charge in [-0.15, -0.1) is 0 Å². The van der Waals surface area contributed by atoms with E-state index in [9.17, 15) is 9.59 Å². The van der Waals surface area contributed by atoms with Crippen LogP contribution in [0.15, 0.2) is 12.4 Å². The topological polar surface area (TPSA) is 52.0 Å². The van der Waals surface area contributed by atoms with Crippen molar-refractivity contribution < 1.29 is 9.59 Å². The summed E-state index contributed by atoms with van der Waals surface area (Å²) in [6, 6.07) is 0. The van der Waals surface area contributed by atoms with Gasteiger partial charge in [0.25, 0.3) is 0 Å². The van der Waals surface area contributed by atoms with Crippen LogP contribution in [-0.4, -0.2) is 21.3 Å². The van der Waals surface area contributed by atoms with Crippen LogP contribution in [0.2, 0.25) is 0 Å². The normalized spacial score (nSPS) is 10.1. The van der Waals surface area contributed by atoms with E-state index in [0.29, 0.717) is 12.0 Å². The maximum atomic E-state index is 11.5. The standard InChI is InChI=1S/C10H14N2O2/c1-3-4-9(13)5-10(14)8-6-11-12(2)7-8/h6-7H,3-5H2,1-2H3. The first-order chi connectivity index (χ1) is 6.63. The molecule has 0 spiro atoms. The molecule has 0 radical (unpaired) electrons. The van der Waals surface area contributed by atoms with Gasteiger partial charge < -0.3 is 0 Å². The first-order valence-electron chi connectivity index (χ1n) is 4.67. The Morgan fingerprint density at radius 3 is 2.71 bits per heavy atom. The van der Waals surface area contributed by atoms with Crippen LogP contribution in [-0.2, 0) is 11.8 Å². The number of nitrogens with zero attached hydrogens (tertiary/aromatic N) is 2. The van der Waals surface area contributed by atoms with Gasteiger partial charge in [0, 0.05) is 19.7 Å². The smallest absolute Gasteiger partial charge is 0.173 e. The van der Waals surface area contributed by atoms with E-state index in [4.69, 9.17) is 0 Å². The zero-order valence-corrected chi connectivity index (χ0v) is 8.49. The van der Waals surface area contributed by atoms with Crippen LogP contribution in [0, 0.1) is 0 Å². The molecule has 0 aliphatic carbocycles. The van der Waals surface area contributed by atoms with E-state index in [-0.39, 0.29) is 18.0 Å². The summed E-state index contributed by atoms with van der Waals surface area (Å²) < 4.78 is 1.55. The average Bonchev–Trinajstić information content (AvgIpc) is 2.52. The molecular formula is C10H14N2O2. The number of hydrogen-bond donors (Lipinski definition) is 0. The van der Waals surface area contributed by atoms with Crippen molar-refractivity contribution in [2.24, 2.45) is 7.05 Å². The highest BCUT2D eigenvalue weighted by atomic mass is 16.1. The van der Waals surface area contributed by atoms with Gasteiger partial charge >= 0.3 is 0 Å². The summed E-state index contributed by atoms with van der Waals surface area (Å²) in [6.07, 6.45) is 4.38. The molecule has 1 heterocycles. The van der Waals surface area contributed by atoms with Crippen molar-refractivity contribution in [3.8, 4) is 0 Å². The molecule has 0 saturated heterocycles. The van der Waals surface area contributed by atoms with E-state index in [0.717, 1.165) is 6.42 Å². The van der Waals surface area contributed by atoms with E-state index < -0.39 is 0 Å². The molecule has 4 heteroatoms. The monoisotopic (exact) mass is 194 g/mol. The number of carbonyl (C=O) groups is 2. The Hall–Kier alpha value is -1.45. The summed E-state index contributed by atoms with van der Waals surface area (Å²) in [6.45, 7) is 1.92. The predicted molar refractivity (Wildman–Crippen MR) is 52.1 cm³/mol. The van der Waals surface area contributed by atoms with Crippen LogP contribution in [0.25, 0.3) is 0 Å². The first-order valence-corrected chi connectivity index (χ1v) is 4.67. The van der Waals surface area contributed by atoms with Gasteiger partial charge in [0.2, 0.25) is 0 Å². The van der Waals surface area contributed by atoms with Crippen LogP contribution in [0.3, 0.4) is 0 Å². The second-order valence-electron chi connectivity index (χ2n) is 3.29. The fourth-order valence-electron chi connectivity index (χ4n) is 1.21. The van der Waals surface area contributed by atoms with E-state index >= 15 is 0 Å². The molecule has 76 valence electrons. The molecule has 0 amide bonds. The fourth-order valence-corrected chi connectivity index (χ4v) is 1.21. The zero-order chi connectivity index (χ0) is 10.6. The highest BCUT2D eigenvalue weighted by Gasteiger charge is 2.12. The van der Waals surface area contributed by atoms with Gasteiger partial charge in [-0.25, -0.2) is 0 Å². The van der Waals surface area contributed by atoms with Crippen molar-refractivity contribution in [1.82, 2.24) is 9.78 Å². The Balaban J connectivity index is 2.55. The highest BCUT2D eigenvalue weighted by Crippen LogP contribution is 2.04. The van der Waals surface area contributed by atoms with E-state index in [1.807, 2.05) is 6.92 Å². The largest absolute Gasteiger partial charge is 0.299 e. The third-order valence-corrected chi connectivity index (χ3v) is 1.91. The summed E-state index contributed by atoms with van der Waals surface area (Å²) in [4.78, 5) is 22.7. The van der Waals surface area contributed by atoms with Gasteiger partial charge in [-0.05, 0) is 6.42 Å². The van der Waals surface area contributed by atoms with E-state index in [1.54, 1.807) is 17.9 Å². The third-order valence-electron chi connectivity index (χ3n) is 1.91. The van der Waals surface area contributed by atoms with Crippen molar-refractivity contribution in [2.45, 2.75) is 26.2 Å². The third kappa shape index (κ3) is 2.80. The van der Waals surface area contributed by atoms with Crippen LogP contribution < -0.4 is 0 Å². The van der Waals surface area contributed by atoms with Crippen molar-refractivity contribution in [2.75, 3.05) is 0 Å². The van der Waals surface area contributed by atoms with Crippen molar-refractivity contribution in [1.29, 1.82) is 0 Å². The molecule has 1 aromatic heterocycles. The number of Topliss-reactive ketones (excluding diaryl/α,β-unsaturated/α-hetero) is 2. The Labute approximate surface area is 82.9 Å². The van der Waals surface area contributed by atoms with Crippen LogP contribution in [0.1, 0.15) is 36.5 Å². The maximum absolute atomic E-state index is 11.5. The molecule has 0 atom stereocenters. The molecule has 0 N–H and O–H groups in total. The van der Waals surface area contributed by atoms with E-state index in [1.165, 1.54) is 6.20 Å². The lowest BCUT2D eigenvalue weighted by Gasteiger charge is -1.95. The van der Waals surface area contributed by atoms with Crippen molar-refractivity contribution >= 4 is 11.6 Å². The Kier molecular flexibility index (Phi) is 3.56. The molecule has 0 aliphatic heterocycles. The number of aromatic nitrogens is 2. The SMILES string of the molecule is CCCC(=O)CC(=O)c1cnn(C)c1. The summed E-state index contributed by atoms with van der Waals surface area (Å²) >= 11 is 0. The Morgan fingerprint density at radius 1 is 1.50 bits per heavy atom. The lowest BCUT2D eigenvalue weighted by atomic mass is 10.1. The Morgan fingerprint density at radius 2 is 2.21 bits per heavy atom. The maximum Gasteiger partial charge on any atom is 0.173 e. The molecule has 0 bridgehead atoms. The highest BCUT2D eigenvalue weighted by molar-refractivity contribution is 6.07. The molecule has 0 aliphatic rings. The molecule has 0 fully saturated rings. The van der Waals surface area contributed by atoms with Crippen molar-refractivity contribution in [3.05, 3.63) is 18.0 Å². The lowest BCUT2D eigenvalue weighted by Crippen LogP contribution is -2.06. The zero-order valence-electron chi connectivity index (χ0n) is 8.49. The van der Waals surface area contributed by atoms with Gasteiger partial charge in [-0.1, -0.05) is 6.92 Å². The minimum atomic E-state index is -0.142.